The molecule has 28 heavy (non-hydrogen) atoms. The summed E-state index contributed by atoms with van der Waals surface area (Å²) in [5.41, 5.74) is 1.79. The van der Waals surface area contributed by atoms with Gasteiger partial charge in [0.25, 0.3) is 0 Å². The second-order valence-corrected chi connectivity index (χ2v) is 7.03. The molecule has 3 rings (SSSR count). The summed E-state index contributed by atoms with van der Waals surface area (Å²) in [6.45, 7) is 2.11. The van der Waals surface area contributed by atoms with Crippen LogP contribution in [0.15, 0.2) is 48.5 Å². The Bertz CT molecular complexity index is 821. The smallest absolute Gasteiger partial charge is 0.225 e. The maximum absolute atomic E-state index is 13.2. The molecule has 0 radical (unpaired) electrons. The predicted molar refractivity (Wildman–Crippen MR) is 104 cm³/mol. The van der Waals surface area contributed by atoms with Gasteiger partial charge in [-0.05, 0) is 48.2 Å². The van der Waals surface area contributed by atoms with Crippen molar-refractivity contribution in [1.82, 2.24) is 10.2 Å². The third-order valence-corrected chi connectivity index (χ3v) is 5.10. The van der Waals surface area contributed by atoms with E-state index in [0.29, 0.717) is 12.3 Å². The van der Waals surface area contributed by atoms with Gasteiger partial charge in [-0.15, -0.1) is 0 Å². The molecule has 5 nitrogen and oxygen atoms in total. The third kappa shape index (κ3) is 4.68. The molecule has 0 spiro atoms. The fraction of sp³-hybridized carbons (Fsp3) is 0.364. The fourth-order valence-electron chi connectivity index (χ4n) is 3.72. The zero-order valence-electron chi connectivity index (χ0n) is 16.2. The highest BCUT2D eigenvalue weighted by Gasteiger charge is 2.31. The van der Waals surface area contributed by atoms with Gasteiger partial charge < -0.3 is 15.0 Å². The molecule has 1 aliphatic heterocycles. The van der Waals surface area contributed by atoms with Crippen LogP contribution in [0.1, 0.15) is 49.4 Å². The van der Waals surface area contributed by atoms with Crippen LogP contribution >= 0.6 is 0 Å². The van der Waals surface area contributed by atoms with Gasteiger partial charge in [0.05, 0.1) is 25.6 Å². The molecule has 6 heteroatoms. The van der Waals surface area contributed by atoms with Gasteiger partial charge in [0.15, 0.2) is 0 Å². The number of carbonyl (C=O) groups excluding carboxylic acids is 2. The Kier molecular flexibility index (Phi) is 6.29. The Morgan fingerprint density at radius 1 is 1.18 bits per heavy atom. The van der Waals surface area contributed by atoms with Crippen molar-refractivity contribution in [2.24, 2.45) is 0 Å². The molecule has 0 saturated carbocycles. The Labute approximate surface area is 164 Å². The quantitative estimate of drug-likeness (QED) is 0.825. The van der Waals surface area contributed by atoms with Crippen LogP contribution < -0.4 is 10.1 Å². The van der Waals surface area contributed by atoms with Gasteiger partial charge in [0, 0.05) is 13.5 Å². The topological polar surface area (TPSA) is 58.6 Å². The van der Waals surface area contributed by atoms with Crippen molar-refractivity contribution in [3.05, 3.63) is 65.5 Å². The maximum Gasteiger partial charge on any atom is 0.225 e. The van der Waals surface area contributed by atoms with Crippen LogP contribution in [0.5, 0.6) is 5.75 Å². The lowest BCUT2D eigenvalue weighted by Crippen LogP contribution is -2.35. The molecule has 0 aliphatic carbocycles. The third-order valence-electron chi connectivity index (χ3n) is 5.10. The molecule has 1 heterocycles. The summed E-state index contributed by atoms with van der Waals surface area (Å²) in [4.78, 5) is 26.6. The van der Waals surface area contributed by atoms with E-state index >= 15 is 0 Å². The van der Waals surface area contributed by atoms with Crippen LogP contribution in [0, 0.1) is 5.82 Å². The van der Waals surface area contributed by atoms with E-state index in [0.717, 1.165) is 24.0 Å². The maximum atomic E-state index is 13.2. The van der Waals surface area contributed by atoms with E-state index in [9.17, 15) is 14.0 Å². The van der Waals surface area contributed by atoms with Gasteiger partial charge in [-0.25, -0.2) is 4.39 Å². The number of nitrogens with zero attached hydrogens (tertiary/aromatic N) is 1. The zero-order chi connectivity index (χ0) is 20.1. The Balaban J connectivity index is 1.76. The standard InChI is InChI=1S/C22H25FN2O3/c1-15(26)24-20(16-7-11-19(28-2)12-8-16)14-22(27)25-13-3-4-21(25)17-5-9-18(23)10-6-17/h5-12,20-21H,3-4,13-14H2,1-2H3,(H,24,26). The molecule has 2 atom stereocenters. The number of benzene rings is 2. The SMILES string of the molecule is COc1ccc(C(CC(=O)N2CCCC2c2ccc(F)cc2)NC(C)=O)cc1. The molecule has 0 aromatic heterocycles. The van der Waals surface area contributed by atoms with Gasteiger partial charge >= 0.3 is 0 Å². The highest BCUT2D eigenvalue weighted by atomic mass is 19.1. The number of carbonyl (C=O) groups is 2. The molecule has 1 aliphatic rings. The van der Waals surface area contributed by atoms with Crippen LogP contribution in [0.2, 0.25) is 0 Å². The summed E-state index contributed by atoms with van der Waals surface area (Å²) < 4.78 is 18.4. The highest BCUT2D eigenvalue weighted by Crippen LogP contribution is 2.33. The molecule has 0 bridgehead atoms. The Morgan fingerprint density at radius 2 is 1.86 bits per heavy atom. The summed E-state index contributed by atoms with van der Waals surface area (Å²) in [7, 11) is 1.59. The minimum atomic E-state index is -0.412. The molecule has 2 aromatic carbocycles. The van der Waals surface area contributed by atoms with Crippen molar-refractivity contribution >= 4 is 11.8 Å². The van der Waals surface area contributed by atoms with E-state index in [1.807, 2.05) is 29.2 Å². The van der Waals surface area contributed by atoms with Crippen LogP contribution in [-0.2, 0) is 9.59 Å². The molecular weight excluding hydrogens is 359 g/mol. The number of amides is 2. The largest absolute Gasteiger partial charge is 0.497 e. The minimum Gasteiger partial charge on any atom is -0.497 e. The Morgan fingerprint density at radius 3 is 2.46 bits per heavy atom. The second kappa shape index (κ2) is 8.87. The number of nitrogens with one attached hydrogen (secondary N) is 1. The van der Waals surface area contributed by atoms with Crippen molar-refractivity contribution in [2.45, 2.75) is 38.3 Å². The molecule has 1 N–H and O–H groups in total. The number of hydrogen-bond donors (Lipinski definition) is 1. The normalized spacial score (nSPS) is 17.2. The molecule has 148 valence electrons. The number of hydrogen-bond acceptors (Lipinski definition) is 3. The number of ether oxygens (including phenoxy) is 1. The summed E-state index contributed by atoms with van der Waals surface area (Å²) >= 11 is 0. The molecule has 1 saturated heterocycles. The monoisotopic (exact) mass is 384 g/mol. The van der Waals surface area contributed by atoms with Crippen molar-refractivity contribution in [1.29, 1.82) is 0 Å². The number of rotatable bonds is 6. The first kappa shape index (κ1) is 19.9. The van der Waals surface area contributed by atoms with Gasteiger partial charge in [-0.2, -0.15) is 0 Å². The van der Waals surface area contributed by atoms with Crippen molar-refractivity contribution in [3.8, 4) is 5.75 Å². The number of halogens is 1. The first-order valence-corrected chi connectivity index (χ1v) is 9.44. The summed E-state index contributed by atoms with van der Waals surface area (Å²) in [6.07, 6.45) is 1.93. The predicted octanol–water partition coefficient (Wildman–Crippen LogP) is 3.77. The number of likely N-dealkylation sites (tertiary alicyclic amines) is 1. The van der Waals surface area contributed by atoms with E-state index in [2.05, 4.69) is 5.32 Å². The Hall–Kier alpha value is -2.89. The molecule has 2 unspecified atom stereocenters. The fourth-order valence-corrected chi connectivity index (χ4v) is 3.72. The van der Waals surface area contributed by atoms with Crippen molar-refractivity contribution in [3.63, 3.8) is 0 Å². The average molecular weight is 384 g/mol. The van der Waals surface area contributed by atoms with Crippen molar-refractivity contribution < 1.29 is 18.7 Å². The molecule has 2 amide bonds. The molecule has 1 fully saturated rings. The van der Waals surface area contributed by atoms with Crippen molar-refractivity contribution in [2.75, 3.05) is 13.7 Å². The molecule has 2 aromatic rings. The first-order valence-electron chi connectivity index (χ1n) is 9.44. The van der Waals surface area contributed by atoms with E-state index in [-0.39, 0.29) is 30.1 Å². The van der Waals surface area contributed by atoms with Gasteiger partial charge in [-0.1, -0.05) is 24.3 Å². The van der Waals surface area contributed by atoms with Crippen LogP contribution in [0.4, 0.5) is 4.39 Å². The summed E-state index contributed by atoms with van der Waals surface area (Å²) in [5, 5.41) is 2.87. The van der Waals surface area contributed by atoms with Gasteiger partial charge in [0.2, 0.25) is 11.8 Å². The van der Waals surface area contributed by atoms with Crippen LogP contribution in [-0.4, -0.2) is 30.4 Å². The lowest BCUT2D eigenvalue weighted by atomic mass is 10.0. The van der Waals surface area contributed by atoms with E-state index in [1.165, 1.54) is 19.1 Å². The van der Waals surface area contributed by atoms with E-state index < -0.39 is 6.04 Å². The summed E-state index contributed by atoms with van der Waals surface area (Å²) in [6, 6.07) is 13.2. The van der Waals surface area contributed by atoms with E-state index in [4.69, 9.17) is 4.74 Å². The van der Waals surface area contributed by atoms with Crippen LogP contribution in [0.3, 0.4) is 0 Å². The zero-order valence-corrected chi connectivity index (χ0v) is 16.2. The molecular formula is C22H25FN2O3. The van der Waals surface area contributed by atoms with E-state index in [1.54, 1.807) is 19.2 Å². The minimum absolute atomic E-state index is 0.0265. The van der Waals surface area contributed by atoms with Gasteiger partial charge in [0.1, 0.15) is 11.6 Å². The highest BCUT2D eigenvalue weighted by molar-refractivity contribution is 5.80. The number of methoxy groups -OCH3 is 1. The van der Waals surface area contributed by atoms with Crippen LogP contribution in [0.25, 0.3) is 0 Å². The lowest BCUT2D eigenvalue weighted by Gasteiger charge is -2.27. The second-order valence-electron chi connectivity index (χ2n) is 7.03. The first-order chi connectivity index (χ1) is 13.5. The van der Waals surface area contributed by atoms with Gasteiger partial charge in [-0.3, -0.25) is 9.59 Å². The lowest BCUT2D eigenvalue weighted by molar-refractivity contribution is -0.133. The average Bonchev–Trinajstić information content (AvgIpc) is 3.18. The summed E-state index contributed by atoms with van der Waals surface area (Å²) in [5.74, 6) is 0.212.